The third kappa shape index (κ3) is 15.9. The SMILES string of the molecule is CCCCCC(=O)NC(CC(=O)O)C(=O)NC1C(=O)NC(CCCCN)C(=O)NC2CCC(O)N(C2=O)C(C(C)CC)C(=O)N(C)C(Cc2ccc(O)cc2)C(=O)NC(C(C)C)C(=O)OC1C. The first kappa shape index (κ1) is 55.5. The number of carboxylic acids is 1. The summed E-state index contributed by atoms with van der Waals surface area (Å²) in [4.78, 5) is 127. The van der Waals surface area contributed by atoms with E-state index in [1.54, 1.807) is 39.8 Å². The van der Waals surface area contributed by atoms with Crippen LogP contribution in [0.4, 0.5) is 0 Å². The number of aromatic hydroxyl groups is 1. The number of hydrogen-bond acceptors (Lipinski definition) is 13. The fraction of sp³-hybridized carbons (Fsp3) is 0.674. The Morgan fingerprint density at radius 2 is 1.57 bits per heavy atom. The predicted molar refractivity (Wildman–Crippen MR) is 243 cm³/mol. The Kier molecular flexibility index (Phi) is 21.9. The van der Waals surface area contributed by atoms with Crippen LogP contribution in [0, 0.1) is 11.8 Å². The lowest BCUT2D eigenvalue weighted by Crippen LogP contribution is -2.66. The number of likely N-dealkylation sites (N-methyl/N-ethyl adjacent to an activating group) is 1. The van der Waals surface area contributed by atoms with Gasteiger partial charge < -0.3 is 62.2 Å². The summed E-state index contributed by atoms with van der Waals surface area (Å²) in [6, 6.07) is -4.42. The van der Waals surface area contributed by atoms with Gasteiger partial charge in [-0.15, -0.1) is 0 Å². The Hall–Kier alpha value is -5.83. The molecule has 0 aromatic heterocycles. The molecule has 1 aromatic rings. The number of aliphatic carboxylic acids is 1. The fourth-order valence-corrected chi connectivity index (χ4v) is 8.05. The molecule has 10 unspecified atom stereocenters. The number of hydrogen-bond donors (Lipinski definition) is 9. The Morgan fingerprint density at radius 3 is 2.16 bits per heavy atom. The maximum atomic E-state index is 14.8. The molecule has 2 heterocycles. The molecule has 21 heteroatoms. The second kappa shape index (κ2) is 26.5. The summed E-state index contributed by atoms with van der Waals surface area (Å²) < 4.78 is 5.81. The van der Waals surface area contributed by atoms with Crippen molar-refractivity contribution in [1.29, 1.82) is 0 Å². The van der Waals surface area contributed by atoms with Crippen molar-refractivity contribution in [2.45, 2.75) is 173 Å². The molecule has 2 saturated heterocycles. The minimum Gasteiger partial charge on any atom is -0.508 e. The Bertz CT molecular complexity index is 1900. The zero-order chi connectivity index (χ0) is 50.1. The predicted octanol–water partition coefficient (Wildman–Crippen LogP) is 0.327. The third-order valence-electron chi connectivity index (χ3n) is 12.3. The first-order chi connectivity index (χ1) is 31.6. The smallest absolute Gasteiger partial charge is 0.329 e. The quantitative estimate of drug-likeness (QED) is 0.0708. The molecule has 2 bridgehead atoms. The van der Waals surface area contributed by atoms with Gasteiger partial charge in [0.05, 0.1) is 6.42 Å². The van der Waals surface area contributed by atoms with Gasteiger partial charge in [0.1, 0.15) is 60.4 Å². The molecule has 2 aliphatic rings. The van der Waals surface area contributed by atoms with Crippen LogP contribution in [-0.2, 0) is 54.3 Å². The normalized spacial score (nSPS) is 25.6. The van der Waals surface area contributed by atoms with Crippen LogP contribution in [0.1, 0.15) is 118 Å². The fourth-order valence-electron chi connectivity index (χ4n) is 8.05. The second-order valence-corrected chi connectivity index (χ2v) is 17.9. The number of carbonyl (C=O) groups is 9. The summed E-state index contributed by atoms with van der Waals surface area (Å²) in [6.07, 6.45) is -1.14. The second-order valence-electron chi connectivity index (χ2n) is 17.9. The van der Waals surface area contributed by atoms with E-state index in [9.17, 15) is 58.5 Å². The van der Waals surface area contributed by atoms with Crippen LogP contribution >= 0.6 is 0 Å². The number of esters is 1. The summed E-state index contributed by atoms with van der Waals surface area (Å²) in [5.74, 6) is -9.77. The van der Waals surface area contributed by atoms with Crippen molar-refractivity contribution >= 4 is 53.3 Å². The molecule has 0 saturated carbocycles. The van der Waals surface area contributed by atoms with Gasteiger partial charge >= 0.3 is 11.9 Å². The number of phenolic OH excluding ortho intramolecular Hbond substituents is 1. The van der Waals surface area contributed by atoms with Crippen LogP contribution in [0.3, 0.4) is 0 Å². The molecule has 3 rings (SSSR count). The number of carboxylic acid groups (broad SMARTS) is 1. The van der Waals surface area contributed by atoms with Crippen LogP contribution in [0.15, 0.2) is 24.3 Å². The van der Waals surface area contributed by atoms with E-state index >= 15 is 0 Å². The highest BCUT2D eigenvalue weighted by Gasteiger charge is 2.47. The molecule has 0 radical (unpaired) electrons. The summed E-state index contributed by atoms with van der Waals surface area (Å²) in [7, 11) is 1.36. The number of fused-ring (bicyclic) bond motifs is 2. The van der Waals surface area contributed by atoms with Crippen LogP contribution < -0.4 is 32.3 Å². The number of piperidine rings is 1. The number of ether oxygens (including phenoxy) is 1. The molecule has 7 amide bonds. The number of nitrogens with zero attached hydrogens (tertiary/aromatic N) is 2. The maximum absolute atomic E-state index is 14.8. The molecule has 67 heavy (non-hydrogen) atoms. The highest BCUT2D eigenvalue weighted by molar-refractivity contribution is 5.99. The van der Waals surface area contributed by atoms with Gasteiger partial charge in [-0.3, -0.25) is 38.4 Å². The molecule has 2 fully saturated rings. The van der Waals surface area contributed by atoms with Crippen molar-refractivity contribution in [2.24, 2.45) is 17.6 Å². The Labute approximate surface area is 392 Å². The molecule has 1 aromatic carbocycles. The van der Waals surface area contributed by atoms with Crippen LogP contribution in [0.25, 0.3) is 0 Å². The number of benzene rings is 1. The van der Waals surface area contributed by atoms with Crippen LogP contribution in [-0.4, -0.2) is 147 Å². The number of aliphatic hydroxyl groups is 1. The number of aliphatic hydroxyl groups excluding tert-OH is 1. The van der Waals surface area contributed by atoms with Crippen LogP contribution in [0.2, 0.25) is 0 Å². The molecule has 21 nitrogen and oxygen atoms in total. The van der Waals surface area contributed by atoms with E-state index in [2.05, 4.69) is 26.6 Å². The third-order valence-corrected chi connectivity index (χ3v) is 12.3. The van der Waals surface area contributed by atoms with E-state index in [0.29, 0.717) is 37.7 Å². The van der Waals surface area contributed by atoms with Gasteiger partial charge in [-0.2, -0.15) is 0 Å². The van der Waals surface area contributed by atoms with E-state index in [1.807, 2.05) is 6.92 Å². The van der Waals surface area contributed by atoms with Crippen molar-refractivity contribution in [2.75, 3.05) is 13.6 Å². The van der Waals surface area contributed by atoms with Crippen LogP contribution in [0.5, 0.6) is 5.75 Å². The highest BCUT2D eigenvalue weighted by Crippen LogP contribution is 2.28. The number of unbranched alkanes of at least 4 members (excludes halogenated alkanes) is 3. The van der Waals surface area contributed by atoms with Gasteiger partial charge in [-0.25, -0.2) is 4.79 Å². The topological polar surface area (TPSA) is 316 Å². The van der Waals surface area contributed by atoms with Gasteiger partial charge in [0, 0.05) is 19.9 Å². The first-order valence-corrected chi connectivity index (χ1v) is 23.3. The number of nitrogens with one attached hydrogen (secondary N) is 5. The van der Waals surface area contributed by atoms with E-state index in [-0.39, 0.29) is 44.4 Å². The largest absolute Gasteiger partial charge is 0.508 e. The monoisotopic (exact) mass is 945 g/mol. The Morgan fingerprint density at radius 1 is 0.896 bits per heavy atom. The molecule has 10 atom stereocenters. The van der Waals surface area contributed by atoms with Crippen molar-refractivity contribution in [3.8, 4) is 5.75 Å². The van der Waals surface area contributed by atoms with Gasteiger partial charge in [-0.1, -0.05) is 66.0 Å². The number of nitrogens with two attached hydrogens (primary N) is 1. The number of carbonyl (C=O) groups excluding carboxylic acids is 8. The van der Waals surface area contributed by atoms with Gasteiger partial charge in [-0.05, 0) is 81.5 Å². The lowest BCUT2D eigenvalue weighted by molar-refractivity contribution is -0.168. The Balaban J connectivity index is 2.22. The van der Waals surface area contributed by atoms with E-state index in [0.717, 1.165) is 16.2 Å². The lowest BCUT2D eigenvalue weighted by atomic mass is 9.91. The summed E-state index contributed by atoms with van der Waals surface area (Å²) in [6.45, 7) is 10.1. The molecular weight excluding hydrogens is 873 g/mol. The van der Waals surface area contributed by atoms with Crippen molar-refractivity contribution in [3.63, 3.8) is 0 Å². The number of amides is 7. The number of cyclic esters (lactones) is 1. The van der Waals surface area contributed by atoms with Gasteiger partial charge in [0.25, 0.3) is 0 Å². The molecule has 0 spiro atoms. The van der Waals surface area contributed by atoms with E-state index < -0.39 is 126 Å². The summed E-state index contributed by atoms with van der Waals surface area (Å²) in [5, 5.41) is 43.9. The number of rotatable bonds is 18. The summed E-state index contributed by atoms with van der Waals surface area (Å²) >= 11 is 0. The van der Waals surface area contributed by atoms with Gasteiger partial charge in [0.2, 0.25) is 41.4 Å². The zero-order valence-corrected chi connectivity index (χ0v) is 39.7. The minimum absolute atomic E-state index is 0.00464. The van der Waals surface area contributed by atoms with Crippen molar-refractivity contribution in [3.05, 3.63) is 29.8 Å². The average molecular weight is 945 g/mol. The van der Waals surface area contributed by atoms with Crippen molar-refractivity contribution in [1.82, 2.24) is 36.4 Å². The van der Waals surface area contributed by atoms with Crippen molar-refractivity contribution < 1.29 is 63.2 Å². The number of phenols is 1. The molecule has 2 aliphatic heterocycles. The maximum Gasteiger partial charge on any atom is 0.329 e. The summed E-state index contributed by atoms with van der Waals surface area (Å²) in [5.41, 5.74) is 6.25. The molecule has 0 aliphatic carbocycles. The molecule has 374 valence electrons. The molecule has 10 N–H and O–H groups in total. The lowest BCUT2D eigenvalue weighted by Gasteiger charge is -2.44. The minimum atomic E-state index is -1.83. The van der Waals surface area contributed by atoms with Gasteiger partial charge in [0.15, 0.2) is 0 Å². The van der Waals surface area contributed by atoms with E-state index in [4.69, 9.17) is 10.5 Å². The first-order valence-electron chi connectivity index (χ1n) is 23.3. The standard InChI is InChI=1S/C46H72N8O13/c1-8-10-11-15-34(56)48-32(24-36(58)59)41(61)52-38-27(6)67-46(66)37(25(3)4)51-42(62)33(23-28-16-18-29(55)19-17-28)53(7)45(65)39(26(5)9-2)54-35(57)21-20-31(44(54)64)50-40(60)30(49-43(38)63)14-12-13-22-47/h16-19,25-27,30-33,35,37-39,55,57H,8-15,20-24,47H2,1-7H3,(H,48,56)(H,49,63)(H,50,60)(H,51,62)(H,52,61)(H,58,59). The zero-order valence-electron chi connectivity index (χ0n) is 39.7. The highest BCUT2D eigenvalue weighted by atomic mass is 16.5. The van der Waals surface area contributed by atoms with E-state index in [1.165, 1.54) is 26.1 Å². The average Bonchev–Trinajstić information content (AvgIpc) is 3.27. The molecular formula is C46H72N8O13.